The van der Waals surface area contributed by atoms with Gasteiger partial charge in [-0.1, -0.05) is 12.1 Å². The summed E-state index contributed by atoms with van der Waals surface area (Å²) in [6, 6.07) is 6.75. The Hall–Kier alpha value is -0.930. The lowest BCUT2D eigenvalue weighted by atomic mass is 9.80. The van der Waals surface area contributed by atoms with Crippen molar-refractivity contribution in [2.45, 2.75) is 37.0 Å². The van der Waals surface area contributed by atoms with Gasteiger partial charge in [0.2, 0.25) is 0 Å². The van der Waals surface area contributed by atoms with Crippen molar-refractivity contribution < 1.29 is 9.13 Å². The van der Waals surface area contributed by atoms with E-state index in [-0.39, 0.29) is 30.0 Å². The minimum atomic E-state index is -0.192. The predicted octanol–water partition coefficient (Wildman–Crippen LogP) is 1.80. The number of ether oxygens (including phenoxy) is 1. The van der Waals surface area contributed by atoms with E-state index in [4.69, 9.17) is 10.5 Å². The minimum absolute atomic E-state index is 0.0329. The number of hydrogen-bond donors (Lipinski definition) is 1. The van der Waals surface area contributed by atoms with Gasteiger partial charge in [-0.25, -0.2) is 4.39 Å². The molecule has 0 saturated carbocycles. The molecule has 0 amide bonds. The Morgan fingerprint density at radius 3 is 2.73 bits per heavy atom. The van der Waals surface area contributed by atoms with Crippen LogP contribution in [0.25, 0.3) is 0 Å². The lowest BCUT2D eigenvalue weighted by Crippen LogP contribution is -2.38. The van der Waals surface area contributed by atoms with Crippen molar-refractivity contribution in [3.8, 4) is 0 Å². The van der Waals surface area contributed by atoms with Crippen molar-refractivity contribution >= 4 is 0 Å². The van der Waals surface area contributed by atoms with Crippen molar-refractivity contribution in [2.75, 3.05) is 0 Å². The zero-order chi connectivity index (χ0) is 10.4. The van der Waals surface area contributed by atoms with Crippen LogP contribution in [0, 0.1) is 5.82 Å². The lowest BCUT2D eigenvalue weighted by Gasteiger charge is -2.24. The van der Waals surface area contributed by atoms with Crippen LogP contribution in [-0.2, 0) is 4.74 Å². The Bertz CT molecular complexity index is 380. The third-order valence-electron chi connectivity index (χ3n) is 3.56. The number of fused-ring (bicyclic) bond motifs is 2. The second-order valence-corrected chi connectivity index (χ2v) is 4.45. The molecule has 2 saturated heterocycles. The molecule has 2 N–H and O–H groups in total. The van der Waals surface area contributed by atoms with Gasteiger partial charge in [-0.05, 0) is 30.5 Å². The first kappa shape index (κ1) is 9.31. The molecule has 2 aliphatic rings. The van der Waals surface area contributed by atoms with Crippen LogP contribution in [0.15, 0.2) is 24.3 Å². The van der Waals surface area contributed by atoms with Crippen LogP contribution < -0.4 is 5.73 Å². The highest BCUT2D eigenvalue weighted by Crippen LogP contribution is 2.43. The fourth-order valence-electron chi connectivity index (χ4n) is 2.87. The number of benzene rings is 1. The molecule has 3 heteroatoms. The first-order valence-electron chi connectivity index (χ1n) is 5.42. The highest BCUT2D eigenvalue weighted by atomic mass is 19.1. The first-order valence-corrected chi connectivity index (χ1v) is 5.42. The molecule has 2 bridgehead atoms. The zero-order valence-electron chi connectivity index (χ0n) is 8.40. The molecule has 1 aromatic rings. The van der Waals surface area contributed by atoms with E-state index >= 15 is 0 Å². The molecule has 4 atom stereocenters. The molecule has 4 unspecified atom stereocenters. The van der Waals surface area contributed by atoms with Crippen molar-refractivity contribution in [1.82, 2.24) is 0 Å². The molecular formula is C12H14FNO. The van der Waals surface area contributed by atoms with Crippen molar-refractivity contribution in [1.29, 1.82) is 0 Å². The zero-order valence-corrected chi connectivity index (χ0v) is 8.40. The third-order valence-corrected chi connectivity index (χ3v) is 3.56. The van der Waals surface area contributed by atoms with Crippen LogP contribution in [0.2, 0.25) is 0 Å². The molecule has 80 valence electrons. The van der Waals surface area contributed by atoms with E-state index in [2.05, 4.69) is 0 Å². The average Bonchev–Trinajstić information content (AvgIpc) is 2.77. The van der Waals surface area contributed by atoms with Gasteiger partial charge in [-0.15, -0.1) is 0 Å². The Morgan fingerprint density at radius 2 is 2.07 bits per heavy atom. The van der Waals surface area contributed by atoms with Crippen LogP contribution in [0.4, 0.5) is 4.39 Å². The van der Waals surface area contributed by atoms with Gasteiger partial charge < -0.3 is 10.5 Å². The summed E-state index contributed by atoms with van der Waals surface area (Å²) in [5, 5.41) is 0. The van der Waals surface area contributed by atoms with Gasteiger partial charge >= 0.3 is 0 Å². The largest absolute Gasteiger partial charge is 0.373 e. The average molecular weight is 207 g/mol. The third kappa shape index (κ3) is 1.38. The number of hydrogen-bond acceptors (Lipinski definition) is 2. The van der Waals surface area contributed by atoms with E-state index in [9.17, 15) is 4.39 Å². The quantitative estimate of drug-likeness (QED) is 0.762. The summed E-state index contributed by atoms with van der Waals surface area (Å²) in [5.74, 6) is -0.0121. The first-order chi connectivity index (χ1) is 7.25. The summed E-state index contributed by atoms with van der Waals surface area (Å²) in [7, 11) is 0. The molecule has 0 aromatic heterocycles. The van der Waals surface area contributed by atoms with Gasteiger partial charge in [0.1, 0.15) is 5.82 Å². The van der Waals surface area contributed by atoms with Gasteiger partial charge in [0.15, 0.2) is 0 Å². The standard InChI is InChI=1S/C12H14FNO/c13-8-3-1-2-7(6-8)11-9-4-5-10(15-9)12(11)14/h1-3,6,9-12H,4-5,14H2. The summed E-state index contributed by atoms with van der Waals surface area (Å²) in [6.07, 6.45) is 2.49. The van der Waals surface area contributed by atoms with Gasteiger partial charge in [-0.2, -0.15) is 0 Å². The van der Waals surface area contributed by atoms with E-state index in [0.717, 1.165) is 18.4 Å². The van der Waals surface area contributed by atoms with Crippen LogP contribution in [0.3, 0.4) is 0 Å². The van der Waals surface area contributed by atoms with Gasteiger partial charge in [0.05, 0.1) is 12.2 Å². The Morgan fingerprint density at radius 1 is 1.27 bits per heavy atom. The molecule has 2 heterocycles. The van der Waals surface area contributed by atoms with Gasteiger partial charge in [-0.3, -0.25) is 0 Å². The Balaban J connectivity index is 1.94. The molecule has 0 spiro atoms. The summed E-state index contributed by atoms with van der Waals surface area (Å²) < 4.78 is 18.9. The maximum absolute atomic E-state index is 13.1. The topological polar surface area (TPSA) is 35.2 Å². The van der Waals surface area contributed by atoms with E-state index in [1.807, 2.05) is 6.07 Å². The summed E-state index contributed by atoms with van der Waals surface area (Å²) >= 11 is 0. The number of rotatable bonds is 1. The molecule has 1 aromatic carbocycles. The van der Waals surface area contributed by atoms with E-state index < -0.39 is 0 Å². The normalized spacial score (nSPS) is 38.5. The highest BCUT2D eigenvalue weighted by Gasteiger charge is 2.47. The monoisotopic (exact) mass is 207 g/mol. The maximum Gasteiger partial charge on any atom is 0.123 e. The molecule has 0 aliphatic carbocycles. The molecule has 15 heavy (non-hydrogen) atoms. The van der Waals surface area contributed by atoms with Crippen LogP contribution in [-0.4, -0.2) is 18.2 Å². The second-order valence-electron chi connectivity index (χ2n) is 4.45. The molecule has 2 nitrogen and oxygen atoms in total. The Labute approximate surface area is 88.2 Å². The summed E-state index contributed by atoms with van der Waals surface area (Å²) in [5.41, 5.74) is 7.08. The Kier molecular flexibility index (Phi) is 2.04. The second kappa shape index (κ2) is 3.29. The van der Waals surface area contributed by atoms with Crippen LogP contribution in [0.1, 0.15) is 24.3 Å². The van der Waals surface area contributed by atoms with Crippen LogP contribution in [0.5, 0.6) is 0 Å². The van der Waals surface area contributed by atoms with E-state index in [0.29, 0.717) is 0 Å². The molecular weight excluding hydrogens is 193 g/mol. The fraction of sp³-hybridized carbons (Fsp3) is 0.500. The molecule has 2 fully saturated rings. The van der Waals surface area contributed by atoms with Crippen LogP contribution >= 0.6 is 0 Å². The fourth-order valence-corrected chi connectivity index (χ4v) is 2.87. The van der Waals surface area contributed by atoms with Crippen molar-refractivity contribution in [2.24, 2.45) is 5.73 Å². The lowest BCUT2D eigenvalue weighted by molar-refractivity contribution is 0.0976. The SMILES string of the molecule is NC1C2CCC(O2)C1c1cccc(F)c1. The van der Waals surface area contributed by atoms with E-state index in [1.165, 1.54) is 6.07 Å². The van der Waals surface area contributed by atoms with Crippen molar-refractivity contribution in [3.63, 3.8) is 0 Å². The number of halogens is 1. The molecule has 0 radical (unpaired) electrons. The smallest absolute Gasteiger partial charge is 0.123 e. The van der Waals surface area contributed by atoms with Crippen molar-refractivity contribution in [3.05, 3.63) is 35.6 Å². The highest BCUT2D eigenvalue weighted by molar-refractivity contribution is 5.27. The predicted molar refractivity (Wildman–Crippen MR) is 55.0 cm³/mol. The minimum Gasteiger partial charge on any atom is -0.373 e. The van der Waals surface area contributed by atoms with Gasteiger partial charge in [0.25, 0.3) is 0 Å². The van der Waals surface area contributed by atoms with E-state index in [1.54, 1.807) is 12.1 Å². The maximum atomic E-state index is 13.1. The van der Waals surface area contributed by atoms with Gasteiger partial charge in [0, 0.05) is 12.0 Å². The summed E-state index contributed by atoms with van der Waals surface area (Å²) in [4.78, 5) is 0. The molecule has 3 rings (SSSR count). The number of nitrogens with two attached hydrogens (primary N) is 1. The molecule has 2 aliphatic heterocycles. The summed E-state index contributed by atoms with van der Waals surface area (Å²) in [6.45, 7) is 0.